The molecule has 0 fully saturated rings. The first-order valence-electron chi connectivity index (χ1n) is 11.7. The lowest BCUT2D eigenvalue weighted by atomic mass is 10.1. The highest BCUT2D eigenvalue weighted by Gasteiger charge is 2.29. The molecule has 4 aromatic rings. The van der Waals surface area contributed by atoms with Gasteiger partial charge in [-0.2, -0.15) is 0 Å². The Labute approximate surface area is 211 Å². The maximum absolute atomic E-state index is 13.5. The van der Waals surface area contributed by atoms with Crippen molar-refractivity contribution in [2.24, 2.45) is 0 Å². The highest BCUT2D eigenvalue weighted by molar-refractivity contribution is 7.92. The lowest BCUT2D eigenvalue weighted by Crippen LogP contribution is -2.42. The zero-order valence-corrected chi connectivity index (χ0v) is 20.8. The Balaban J connectivity index is 1.48. The third kappa shape index (κ3) is 5.78. The van der Waals surface area contributed by atoms with E-state index in [0.29, 0.717) is 18.0 Å². The normalized spacial score (nSPS) is 11.1. The summed E-state index contributed by atoms with van der Waals surface area (Å²) in [5, 5.41) is 4.81. The third-order valence-corrected chi connectivity index (χ3v) is 7.26. The molecule has 0 aliphatic carbocycles. The number of rotatable bonds is 11. The number of hydrogen-bond donors (Lipinski definition) is 1. The van der Waals surface area contributed by atoms with E-state index in [2.05, 4.69) is 5.32 Å². The van der Waals surface area contributed by atoms with Gasteiger partial charge in [-0.3, -0.25) is 9.10 Å². The van der Waals surface area contributed by atoms with Crippen LogP contribution in [0.15, 0.2) is 102 Å². The number of carbonyl (C=O) groups is 1. The minimum absolute atomic E-state index is 0.0865. The van der Waals surface area contributed by atoms with E-state index in [1.165, 1.54) is 12.1 Å². The third-order valence-electron chi connectivity index (χ3n) is 5.48. The van der Waals surface area contributed by atoms with Crippen molar-refractivity contribution in [2.75, 3.05) is 30.6 Å². The van der Waals surface area contributed by atoms with E-state index in [0.717, 1.165) is 20.8 Å². The molecule has 0 atom stereocenters. The van der Waals surface area contributed by atoms with Gasteiger partial charge in [0.2, 0.25) is 5.91 Å². The van der Waals surface area contributed by atoms with E-state index in [9.17, 15) is 13.2 Å². The Bertz CT molecular complexity index is 1420. The molecule has 0 saturated carbocycles. The van der Waals surface area contributed by atoms with Gasteiger partial charge in [0.15, 0.2) is 0 Å². The number of benzene rings is 4. The van der Waals surface area contributed by atoms with E-state index < -0.39 is 22.5 Å². The molecule has 4 aromatic carbocycles. The van der Waals surface area contributed by atoms with Crippen molar-refractivity contribution in [1.29, 1.82) is 0 Å². The molecule has 0 unspecified atom stereocenters. The second-order valence-electron chi connectivity index (χ2n) is 7.90. The number of nitrogens with zero attached hydrogens (tertiary/aromatic N) is 1. The van der Waals surface area contributed by atoms with Crippen molar-refractivity contribution < 1.29 is 22.7 Å². The van der Waals surface area contributed by atoms with Crippen LogP contribution in [-0.4, -0.2) is 40.6 Å². The number of fused-ring (bicyclic) bond motifs is 1. The van der Waals surface area contributed by atoms with Crippen molar-refractivity contribution in [1.82, 2.24) is 5.32 Å². The van der Waals surface area contributed by atoms with Crippen molar-refractivity contribution in [3.05, 3.63) is 97.1 Å². The van der Waals surface area contributed by atoms with Crippen LogP contribution >= 0.6 is 0 Å². The Morgan fingerprint density at radius 3 is 2.28 bits per heavy atom. The summed E-state index contributed by atoms with van der Waals surface area (Å²) in [4.78, 5) is 13.0. The van der Waals surface area contributed by atoms with Gasteiger partial charge in [-0.05, 0) is 42.6 Å². The highest BCUT2D eigenvalue weighted by Crippen LogP contribution is 2.32. The Morgan fingerprint density at radius 2 is 1.47 bits per heavy atom. The molecular weight excluding hydrogens is 476 g/mol. The molecule has 4 rings (SSSR count). The number of sulfonamides is 1. The summed E-state index contributed by atoms with van der Waals surface area (Å²) in [6.45, 7) is 2.22. The van der Waals surface area contributed by atoms with Crippen LogP contribution in [0.25, 0.3) is 10.8 Å². The van der Waals surface area contributed by atoms with E-state index in [1.807, 2.05) is 49.4 Å². The topological polar surface area (TPSA) is 84.9 Å². The fourth-order valence-corrected chi connectivity index (χ4v) is 5.27. The first-order chi connectivity index (χ1) is 17.5. The molecule has 1 amide bonds. The number of amides is 1. The van der Waals surface area contributed by atoms with Gasteiger partial charge in [-0.1, -0.05) is 66.7 Å². The van der Waals surface area contributed by atoms with E-state index in [-0.39, 0.29) is 18.0 Å². The van der Waals surface area contributed by atoms with Crippen LogP contribution in [0.1, 0.15) is 6.92 Å². The van der Waals surface area contributed by atoms with Crippen LogP contribution in [0.3, 0.4) is 0 Å². The largest absolute Gasteiger partial charge is 0.492 e. The molecule has 0 spiro atoms. The average molecular weight is 505 g/mol. The summed E-state index contributed by atoms with van der Waals surface area (Å²) in [5.41, 5.74) is 0.297. The van der Waals surface area contributed by atoms with Crippen molar-refractivity contribution in [3.63, 3.8) is 0 Å². The van der Waals surface area contributed by atoms with Crippen LogP contribution in [0, 0.1) is 0 Å². The maximum atomic E-state index is 13.5. The first-order valence-corrected chi connectivity index (χ1v) is 13.1. The first kappa shape index (κ1) is 25.1. The molecule has 0 aliphatic rings. The molecule has 0 aliphatic heterocycles. The molecule has 8 heteroatoms. The number of hydrogen-bond acceptors (Lipinski definition) is 5. The van der Waals surface area contributed by atoms with Gasteiger partial charge < -0.3 is 14.8 Å². The Morgan fingerprint density at radius 1 is 0.806 bits per heavy atom. The van der Waals surface area contributed by atoms with E-state index >= 15 is 0 Å². The van der Waals surface area contributed by atoms with Crippen LogP contribution in [0.5, 0.6) is 11.5 Å². The van der Waals surface area contributed by atoms with E-state index in [1.54, 1.807) is 42.5 Å². The van der Waals surface area contributed by atoms with Crippen LogP contribution < -0.4 is 19.1 Å². The SMILES string of the molecule is CCOc1ccccc1N(CC(=O)NCCOc1cccc2ccccc12)S(=O)(=O)c1ccccc1. The second kappa shape index (κ2) is 11.6. The molecule has 0 bridgehead atoms. The van der Waals surface area contributed by atoms with Gasteiger partial charge in [0.1, 0.15) is 24.7 Å². The van der Waals surface area contributed by atoms with Gasteiger partial charge in [-0.15, -0.1) is 0 Å². The van der Waals surface area contributed by atoms with Crippen LogP contribution in [-0.2, 0) is 14.8 Å². The Hall–Kier alpha value is -4.04. The molecule has 0 aromatic heterocycles. The summed E-state index contributed by atoms with van der Waals surface area (Å²) >= 11 is 0. The number of anilines is 1. The van der Waals surface area contributed by atoms with Gasteiger partial charge in [0, 0.05) is 5.39 Å². The lowest BCUT2D eigenvalue weighted by molar-refractivity contribution is -0.119. The standard InChI is InChI=1S/C28H28N2O5S/c1-2-34-27-17-9-8-16-25(27)30(36(32,33)23-13-4-3-5-14-23)21-28(31)29-19-20-35-26-18-10-12-22-11-6-7-15-24(22)26/h3-18H,2,19-21H2,1H3,(H,29,31). The number of para-hydroxylation sites is 2. The minimum Gasteiger partial charge on any atom is -0.492 e. The molecule has 0 radical (unpaired) electrons. The highest BCUT2D eigenvalue weighted by atomic mass is 32.2. The fraction of sp³-hybridized carbons (Fsp3) is 0.179. The summed E-state index contributed by atoms with van der Waals surface area (Å²) < 4.78 is 39.7. The lowest BCUT2D eigenvalue weighted by Gasteiger charge is -2.26. The smallest absolute Gasteiger partial charge is 0.264 e. The van der Waals surface area contributed by atoms with Crippen molar-refractivity contribution in [3.8, 4) is 11.5 Å². The summed E-state index contributed by atoms with van der Waals surface area (Å²) in [6, 6.07) is 28.5. The van der Waals surface area contributed by atoms with Gasteiger partial charge >= 0.3 is 0 Å². The van der Waals surface area contributed by atoms with Crippen LogP contribution in [0.2, 0.25) is 0 Å². The van der Waals surface area contributed by atoms with Gasteiger partial charge in [0.05, 0.1) is 23.7 Å². The summed E-state index contributed by atoms with van der Waals surface area (Å²) in [7, 11) is -4.03. The van der Waals surface area contributed by atoms with Gasteiger partial charge in [-0.25, -0.2) is 8.42 Å². The van der Waals surface area contributed by atoms with Gasteiger partial charge in [0.25, 0.3) is 10.0 Å². The monoisotopic (exact) mass is 504 g/mol. The minimum atomic E-state index is -4.03. The number of nitrogens with one attached hydrogen (secondary N) is 1. The zero-order valence-electron chi connectivity index (χ0n) is 20.0. The molecule has 36 heavy (non-hydrogen) atoms. The summed E-state index contributed by atoms with van der Waals surface area (Å²) in [5.74, 6) is 0.648. The molecule has 186 valence electrons. The molecule has 0 heterocycles. The average Bonchev–Trinajstić information content (AvgIpc) is 2.91. The maximum Gasteiger partial charge on any atom is 0.264 e. The second-order valence-corrected chi connectivity index (χ2v) is 9.76. The predicted molar refractivity (Wildman–Crippen MR) is 141 cm³/mol. The molecule has 1 N–H and O–H groups in total. The van der Waals surface area contributed by atoms with Crippen molar-refractivity contribution >= 4 is 32.4 Å². The fourth-order valence-electron chi connectivity index (χ4n) is 3.82. The molecular formula is C28H28N2O5S. The molecule has 7 nitrogen and oxygen atoms in total. The Kier molecular flexibility index (Phi) is 8.07. The predicted octanol–water partition coefficient (Wildman–Crippen LogP) is 4.63. The summed E-state index contributed by atoms with van der Waals surface area (Å²) in [6.07, 6.45) is 0. The number of carbonyl (C=O) groups excluding carboxylic acids is 1. The quantitative estimate of drug-likeness (QED) is 0.301. The molecule has 0 saturated heterocycles. The van der Waals surface area contributed by atoms with Crippen molar-refractivity contribution in [2.45, 2.75) is 11.8 Å². The zero-order chi connectivity index (χ0) is 25.4. The van der Waals surface area contributed by atoms with E-state index in [4.69, 9.17) is 9.47 Å². The number of ether oxygens (including phenoxy) is 2. The van der Waals surface area contributed by atoms with Crippen LogP contribution in [0.4, 0.5) is 5.69 Å².